The maximum atomic E-state index is 5.58. The van der Waals surface area contributed by atoms with Crippen molar-refractivity contribution in [2.75, 3.05) is 11.2 Å². The summed E-state index contributed by atoms with van der Waals surface area (Å²) in [4.78, 5) is 0. The highest BCUT2D eigenvalue weighted by Crippen LogP contribution is 2.16. The molecule has 0 atom stereocenters. The molecule has 0 amide bonds. The van der Waals surface area contributed by atoms with Crippen LogP contribution in [-0.4, -0.2) is 16.4 Å². The van der Waals surface area contributed by atoms with Gasteiger partial charge in [0.2, 0.25) is 0 Å². The lowest BCUT2D eigenvalue weighted by Gasteiger charge is -2.01. The first-order chi connectivity index (χ1) is 6.24. The van der Waals surface area contributed by atoms with Gasteiger partial charge in [0, 0.05) is 12.3 Å². The molecule has 1 rings (SSSR count). The van der Waals surface area contributed by atoms with Crippen LogP contribution in [0.3, 0.4) is 0 Å². The highest BCUT2D eigenvalue weighted by Gasteiger charge is 2.00. The summed E-state index contributed by atoms with van der Waals surface area (Å²) in [7, 11) is 0. The second-order valence-corrected chi connectivity index (χ2v) is 2.69. The number of anilines is 2. The SMILES string of the molecule is CCC=NNc1nnc(Cl)cc1N. The topological polar surface area (TPSA) is 76.2 Å². The van der Waals surface area contributed by atoms with E-state index in [0.29, 0.717) is 11.5 Å². The lowest BCUT2D eigenvalue weighted by atomic mass is 10.4. The smallest absolute Gasteiger partial charge is 0.192 e. The molecule has 0 spiro atoms. The number of hydrogen-bond acceptors (Lipinski definition) is 5. The molecular weight excluding hydrogens is 190 g/mol. The van der Waals surface area contributed by atoms with E-state index in [4.69, 9.17) is 17.3 Å². The molecule has 0 saturated heterocycles. The van der Waals surface area contributed by atoms with E-state index in [-0.39, 0.29) is 5.15 Å². The van der Waals surface area contributed by atoms with Crippen LogP contribution in [-0.2, 0) is 0 Å². The summed E-state index contributed by atoms with van der Waals surface area (Å²) in [5, 5.41) is 11.5. The van der Waals surface area contributed by atoms with Crippen molar-refractivity contribution in [3.63, 3.8) is 0 Å². The van der Waals surface area contributed by atoms with E-state index in [9.17, 15) is 0 Å². The van der Waals surface area contributed by atoms with Crippen LogP contribution in [0.15, 0.2) is 11.2 Å². The first kappa shape index (κ1) is 9.73. The van der Waals surface area contributed by atoms with Crippen molar-refractivity contribution in [2.45, 2.75) is 13.3 Å². The zero-order valence-electron chi connectivity index (χ0n) is 7.16. The minimum Gasteiger partial charge on any atom is -0.396 e. The summed E-state index contributed by atoms with van der Waals surface area (Å²) in [6.45, 7) is 1.97. The van der Waals surface area contributed by atoms with Crippen molar-refractivity contribution >= 4 is 29.3 Å². The molecule has 0 bridgehead atoms. The summed E-state index contributed by atoms with van der Waals surface area (Å²) in [6, 6.07) is 1.51. The van der Waals surface area contributed by atoms with Gasteiger partial charge in [-0.1, -0.05) is 18.5 Å². The minimum absolute atomic E-state index is 0.266. The molecule has 13 heavy (non-hydrogen) atoms. The quantitative estimate of drug-likeness (QED) is 0.572. The normalized spacial score (nSPS) is 10.6. The molecule has 3 N–H and O–H groups in total. The van der Waals surface area contributed by atoms with E-state index in [0.717, 1.165) is 6.42 Å². The molecular formula is C7H10ClN5. The predicted molar refractivity (Wildman–Crippen MR) is 53.9 cm³/mol. The number of halogens is 1. The van der Waals surface area contributed by atoms with Crippen LogP contribution in [0.25, 0.3) is 0 Å². The molecule has 1 heterocycles. The summed E-state index contributed by atoms with van der Waals surface area (Å²) in [5.74, 6) is 0.411. The number of nitrogen functional groups attached to an aromatic ring is 1. The van der Waals surface area contributed by atoms with Gasteiger partial charge in [0.1, 0.15) is 0 Å². The van der Waals surface area contributed by atoms with Crippen molar-refractivity contribution in [3.05, 3.63) is 11.2 Å². The number of hydrazone groups is 1. The molecule has 1 aromatic rings. The summed E-state index contributed by atoms with van der Waals surface area (Å²) in [6.07, 6.45) is 2.55. The fraction of sp³-hybridized carbons (Fsp3) is 0.286. The van der Waals surface area contributed by atoms with Crippen LogP contribution in [0.1, 0.15) is 13.3 Å². The Morgan fingerprint density at radius 1 is 1.69 bits per heavy atom. The zero-order chi connectivity index (χ0) is 9.68. The van der Waals surface area contributed by atoms with Crippen LogP contribution >= 0.6 is 11.6 Å². The molecule has 0 aliphatic carbocycles. The van der Waals surface area contributed by atoms with Crippen LogP contribution in [0, 0.1) is 0 Å². The van der Waals surface area contributed by atoms with E-state index in [1.54, 1.807) is 6.21 Å². The van der Waals surface area contributed by atoms with Gasteiger partial charge in [0.15, 0.2) is 11.0 Å². The summed E-state index contributed by atoms with van der Waals surface area (Å²) < 4.78 is 0. The monoisotopic (exact) mass is 199 g/mol. The predicted octanol–water partition coefficient (Wildman–Crippen LogP) is 1.52. The highest BCUT2D eigenvalue weighted by atomic mass is 35.5. The average molecular weight is 200 g/mol. The number of nitrogens with two attached hydrogens (primary N) is 1. The van der Waals surface area contributed by atoms with Crippen molar-refractivity contribution in [1.29, 1.82) is 0 Å². The number of hydrogen-bond donors (Lipinski definition) is 2. The highest BCUT2D eigenvalue weighted by molar-refractivity contribution is 6.29. The van der Waals surface area contributed by atoms with Crippen molar-refractivity contribution in [2.24, 2.45) is 5.10 Å². The Morgan fingerprint density at radius 3 is 3.08 bits per heavy atom. The molecule has 0 fully saturated rings. The van der Waals surface area contributed by atoms with E-state index in [1.807, 2.05) is 6.92 Å². The Bertz CT molecular complexity index is 312. The van der Waals surface area contributed by atoms with Crippen LogP contribution in [0.4, 0.5) is 11.5 Å². The Hall–Kier alpha value is -1.36. The molecule has 0 aliphatic heterocycles. The van der Waals surface area contributed by atoms with Crippen LogP contribution in [0.2, 0.25) is 5.15 Å². The first-order valence-corrected chi connectivity index (χ1v) is 4.18. The largest absolute Gasteiger partial charge is 0.396 e. The lowest BCUT2D eigenvalue weighted by molar-refractivity contribution is 1.02. The van der Waals surface area contributed by atoms with Gasteiger partial charge in [-0.2, -0.15) is 5.10 Å². The number of rotatable bonds is 3. The Kier molecular flexibility index (Phi) is 3.45. The minimum atomic E-state index is 0.266. The van der Waals surface area contributed by atoms with Crippen LogP contribution < -0.4 is 11.2 Å². The fourth-order valence-corrected chi connectivity index (χ4v) is 0.821. The zero-order valence-corrected chi connectivity index (χ0v) is 7.91. The molecule has 0 radical (unpaired) electrons. The lowest BCUT2D eigenvalue weighted by Crippen LogP contribution is -2.00. The summed E-state index contributed by atoms with van der Waals surface area (Å²) in [5.41, 5.74) is 8.66. The Morgan fingerprint density at radius 2 is 2.46 bits per heavy atom. The standard InChI is InChI=1S/C7H10ClN5/c1-2-3-10-12-7-5(9)4-6(8)11-13-7/h3-4H,2H2,1H3,(H2,9,11)(H,12,13). The maximum absolute atomic E-state index is 5.58. The van der Waals surface area contributed by atoms with Gasteiger partial charge in [-0.3, -0.25) is 5.43 Å². The van der Waals surface area contributed by atoms with Crippen LogP contribution in [0.5, 0.6) is 0 Å². The first-order valence-electron chi connectivity index (χ1n) is 3.80. The van der Waals surface area contributed by atoms with Gasteiger partial charge >= 0.3 is 0 Å². The molecule has 1 aromatic heterocycles. The third-order valence-electron chi connectivity index (χ3n) is 1.24. The molecule has 70 valence electrons. The molecule has 6 heteroatoms. The molecule has 0 aromatic carbocycles. The van der Waals surface area contributed by atoms with E-state index >= 15 is 0 Å². The number of nitrogens with one attached hydrogen (secondary N) is 1. The molecule has 0 aliphatic rings. The van der Waals surface area contributed by atoms with Gasteiger partial charge in [-0.25, -0.2) is 0 Å². The van der Waals surface area contributed by atoms with Gasteiger partial charge in [0.25, 0.3) is 0 Å². The Balaban J connectivity index is 2.72. The van der Waals surface area contributed by atoms with E-state index in [1.165, 1.54) is 6.07 Å². The second kappa shape index (κ2) is 4.61. The maximum Gasteiger partial charge on any atom is 0.192 e. The van der Waals surface area contributed by atoms with E-state index in [2.05, 4.69) is 20.7 Å². The fourth-order valence-electron chi connectivity index (χ4n) is 0.666. The van der Waals surface area contributed by atoms with E-state index < -0.39 is 0 Å². The second-order valence-electron chi connectivity index (χ2n) is 2.30. The average Bonchev–Trinajstić information content (AvgIpc) is 2.09. The molecule has 0 saturated carbocycles. The van der Waals surface area contributed by atoms with Crippen molar-refractivity contribution in [1.82, 2.24) is 10.2 Å². The van der Waals surface area contributed by atoms with Gasteiger partial charge in [0.05, 0.1) is 5.69 Å². The van der Waals surface area contributed by atoms with Crippen molar-refractivity contribution in [3.8, 4) is 0 Å². The summed E-state index contributed by atoms with van der Waals surface area (Å²) >= 11 is 5.56. The molecule has 0 unspecified atom stereocenters. The molecule has 5 nitrogen and oxygen atoms in total. The van der Waals surface area contributed by atoms with Crippen molar-refractivity contribution < 1.29 is 0 Å². The van der Waals surface area contributed by atoms with Gasteiger partial charge in [-0.05, 0) is 6.42 Å². The number of nitrogens with zero attached hydrogens (tertiary/aromatic N) is 3. The van der Waals surface area contributed by atoms with Gasteiger partial charge in [-0.15, -0.1) is 10.2 Å². The number of aromatic nitrogens is 2. The third kappa shape index (κ3) is 2.87. The van der Waals surface area contributed by atoms with Gasteiger partial charge < -0.3 is 5.73 Å². The Labute approximate surface area is 81.0 Å². The third-order valence-corrected chi connectivity index (χ3v) is 1.42.